The Morgan fingerprint density at radius 1 is 1.50 bits per heavy atom. The monoisotopic (exact) mass is 313 g/mol. The van der Waals surface area contributed by atoms with Gasteiger partial charge in [0.2, 0.25) is 0 Å². The number of benzene rings is 1. The van der Waals surface area contributed by atoms with Crippen LogP contribution in [0.25, 0.3) is 0 Å². The highest BCUT2D eigenvalue weighted by molar-refractivity contribution is 9.10. The smallest absolute Gasteiger partial charge is 0.253 e. The summed E-state index contributed by atoms with van der Waals surface area (Å²) in [6.45, 7) is 5.21. The van der Waals surface area contributed by atoms with Gasteiger partial charge in [0.05, 0.1) is 11.1 Å². The molecule has 0 saturated carbocycles. The van der Waals surface area contributed by atoms with E-state index in [0.29, 0.717) is 5.56 Å². The van der Waals surface area contributed by atoms with E-state index < -0.39 is 5.54 Å². The normalized spacial score (nSPS) is 12.3. The van der Waals surface area contributed by atoms with Crippen LogP contribution in [0, 0.1) is 6.92 Å². The van der Waals surface area contributed by atoms with Gasteiger partial charge in [0.15, 0.2) is 5.84 Å². The summed E-state index contributed by atoms with van der Waals surface area (Å²) in [5, 5.41) is 14.3. The van der Waals surface area contributed by atoms with Crippen LogP contribution < -0.4 is 11.1 Å². The molecule has 98 valence electrons. The average molecular weight is 314 g/mol. The van der Waals surface area contributed by atoms with Crippen molar-refractivity contribution < 1.29 is 10.0 Å². The second kappa shape index (κ2) is 5.39. The molecule has 0 atom stereocenters. The number of halogens is 1. The first-order valence-electron chi connectivity index (χ1n) is 5.35. The number of nitrogens with one attached hydrogen (secondary N) is 1. The van der Waals surface area contributed by atoms with Crippen LogP contribution in [0.4, 0.5) is 0 Å². The topological polar surface area (TPSA) is 87.7 Å². The van der Waals surface area contributed by atoms with E-state index in [1.807, 2.05) is 13.0 Å². The lowest BCUT2D eigenvalue weighted by Gasteiger charge is -2.24. The fourth-order valence-electron chi connectivity index (χ4n) is 1.36. The summed E-state index contributed by atoms with van der Waals surface area (Å²) in [6.07, 6.45) is 0. The Balaban J connectivity index is 3.00. The molecule has 0 saturated heterocycles. The second-order valence-electron chi connectivity index (χ2n) is 4.50. The predicted octanol–water partition coefficient (Wildman–Crippen LogP) is 2.01. The molecule has 0 spiro atoms. The number of carbonyl (C=O) groups is 1. The highest BCUT2D eigenvalue weighted by atomic mass is 79.9. The molecule has 0 aliphatic carbocycles. The lowest BCUT2D eigenvalue weighted by Crippen LogP contribution is -2.53. The van der Waals surface area contributed by atoms with Crippen molar-refractivity contribution in [3.63, 3.8) is 0 Å². The van der Waals surface area contributed by atoms with Crippen molar-refractivity contribution in [3.8, 4) is 0 Å². The van der Waals surface area contributed by atoms with Gasteiger partial charge in [-0.25, -0.2) is 0 Å². The van der Waals surface area contributed by atoms with Crippen molar-refractivity contribution in [3.05, 3.63) is 33.8 Å². The maximum atomic E-state index is 12.1. The third-order valence-electron chi connectivity index (χ3n) is 2.61. The average Bonchev–Trinajstić information content (AvgIpc) is 2.30. The van der Waals surface area contributed by atoms with Crippen LogP contribution in [0.1, 0.15) is 29.8 Å². The van der Waals surface area contributed by atoms with Gasteiger partial charge in [-0.1, -0.05) is 17.3 Å². The minimum Gasteiger partial charge on any atom is -0.409 e. The molecule has 0 radical (unpaired) electrons. The largest absolute Gasteiger partial charge is 0.409 e. The SMILES string of the molecule is Cc1cccc(C(=O)NC(C)(C)/C(N)=N/O)c1Br. The van der Waals surface area contributed by atoms with Crippen LogP contribution in [-0.2, 0) is 0 Å². The van der Waals surface area contributed by atoms with Crippen LogP contribution in [0.2, 0.25) is 0 Å². The molecular formula is C12H16BrN3O2. The summed E-state index contributed by atoms with van der Waals surface area (Å²) < 4.78 is 0.734. The van der Waals surface area contributed by atoms with Crippen LogP contribution >= 0.6 is 15.9 Å². The number of hydrogen-bond acceptors (Lipinski definition) is 3. The Kier molecular flexibility index (Phi) is 4.34. The number of amidine groups is 1. The van der Waals surface area contributed by atoms with Crippen molar-refractivity contribution in [2.75, 3.05) is 0 Å². The van der Waals surface area contributed by atoms with E-state index in [1.165, 1.54) is 0 Å². The third kappa shape index (κ3) is 3.01. The van der Waals surface area contributed by atoms with E-state index in [0.717, 1.165) is 10.0 Å². The van der Waals surface area contributed by atoms with Gasteiger partial charge in [0.1, 0.15) is 0 Å². The number of amides is 1. The van der Waals surface area contributed by atoms with E-state index in [2.05, 4.69) is 26.4 Å². The van der Waals surface area contributed by atoms with Crippen molar-refractivity contribution in [1.82, 2.24) is 5.32 Å². The van der Waals surface area contributed by atoms with Gasteiger partial charge in [0, 0.05) is 4.47 Å². The van der Waals surface area contributed by atoms with E-state index in [-0.39, 0.29) is 11.7 Å². The summed E-state index contributed by atoms with van der Waals surface area (Å²) in [5.74, 6) is -0.346. The number of nitrogens with two attached hydrogens (primary N) is 1. The quantitative estimate of drug-likeness (QED) is 0.345. The molecule has 5 nitrogen and oxygen atoms in total. The van der Waals surface area contributed by atoms with Crippen LogP contribution in [-0.4, -0.2) is 22.5 Å². The van der Waals surface area contributed by atoms with Gasteiger partial charge in [-0.3, -0.25) is 4.79 Å². The van der Waals surface area contributed by atoms with E-state index in [9.17, 15) is 4.79 Å². The molecule has 0 aliphatic rings. The summed E-state index contributed by atoms with van der Waals surface area (Å²) >= 11 is 3.37. The molecule has 1 rings (SSSR count). The van der Waals surface area contributed by atoms with Gasteiger partial charge >= 0.3 is 0 Å². The zero-order chi connectivity index (χ0) is 13.9. The van der Waals surface area contributed by atoms with Crippen LogP contribution in [0.3, 0.4) is 0 Å². The first-order chi connectivity index (χ1) is 8.29. The highest BCUT2D eigenvalue weighted by Crippen LogP contribution is 2.21. The first-order valence-corrected chi connectivity index (χ1v) is 6.14. The van der Waals surface area contributed by atoms with Gasteiger partial charge in [-0.2, -0.15) is 0 Å². The molecule has 0 aromatic heterocycles. The zero-order valence-electron chi connectivity index (χ0n) is 10.5. The highest BCUT2D eigenvalue weighted by Gasteiger charge is 2.27. The Morgan fingerprint density at radius 3 is 2.67 bits per heavy atom. The van der Waals surface area contributed by atoms with Crippen molar-refractivity contribution in [2.24, 2.45) is 10.9 Å². The third-order valence-corrected chi connectivity index (χ3v) is 3.66. The fourth-order valence-corrected chi connectivity index (χ4v) is 1.81. The zero-order valence-corrected chi connectivity index (χ0v) is 12.1. The molecule has 0 unspecified atom stereocenters. The maximum Gasteiger partial charge on any atom is 0.253 e. The molecule has 1 aromatic rings. The van der Waals surface area contributed by atoms with Crippen molar-refractivity contribution >= 4 is 27.7 Å². The molecule has 0 bridgehead atoms. The first kappa shape index (κ1) is 14.5. The number of hydrogen-bond donors (Lipinski definition) is 3. The van der Waals surface area contributed by atoms with Gasteiger partial charge in [0.25, 0.3) is 5.91 Å². The Morgan fingerprint density at radius 2 is 2.11 bits per heavy atom. The molecule has 1 aromatic carbocycles. The van der Waals surface area contributed by atoms with E-state index in [1.54, 1.807) is 26.0 Å². The Hall–Kier alpha value is -1.56. The Bertz CT molecular complexity index is 498. The van der Waals surface area contributed by atoms with Gasteiger partial charge in [-0.05, 0) is 48.3 Å². The summed E-state index contributed by atoms with van der Waals surface area (Å²) in [5.41, 5.74) is 6.07. The molecular weight excluding hydrogens is 298 g/mol. The van der Waals surface area contributed by atoms with Gasteiger partial charge < -0.3 is 16.3 Å². The predicted molar refractivity (Wildman–Crippen MR) is 73.8 cm³/mol. The number of rotatable bonds is 3. The van der Waals surface area contributed by atoms with Crippen LogP contribution in [0.15, 0.2) is 27.8 Å². The number of carbonyl (C=O) groups excluding carboxylic acids is 1. The Labute approximate surface area is 114 Å². The maximum absolute atomic E-state index is 12.1. The standard InChI is InChI=1S/C12H16BrN3O2/c1-7-5-4-6-8(9(7)13)10(17)15-12(2,3)11(14)16-18/h4-6,18H,1-3H3,(H2,14,16)(H,15,17). The summed E-state index contributed by atoms with van der Waals surface area (Å²) in [6, 6.07) is 5.40. The molecule has 0 heterocycles. The van der Waals surface area contributed by atoms with Crippen molar-refractivity contribution in [1.29, 1.82) is 0 Å². The lowest BCUT2D eigenvalue weighted by atomic mass is 10.0. The summed E-state index contributed by atoms with van der Waals surface area (Å²) in [4.78, 5) is 12.1. The van der Waals surface area contributed by atoms with Crippen molar-refractivity contribution in [2.45, 2.75) is 26.3 Å². The molecule has 18 heavy (non-hydrogen) atoms. The molecule has 4 N–H and O–H groups in total. The molecule has 1 amide bonds. The number of aryl methyl sites for hydroxylation is 1. The van der Waals surface area contributed by atoms with Gasteiger partial charge in [-0.15, -0.1) is 0 Å². The van der Waals surface area contributed by atoms with E-state index in [4.69, 9.17) is 10.9 Å². The summed E-state index contributed by atoms with van der Waals surface area (Å²) in [7, 11) is 0. The molecule has 6 heteroatoms. The number of oxime groups is 1. The number of nitrogens with zero attached hydrogens (tertiary/aromatic N) is 1. The second-order valence-corrected chi connectivity index (χ2v) is 5.29. The van der Waals surface area contributed by atoms with E-state index >= 15 is 0 Å². The lowest BCUT2D eigenvalue weighted by molar-refractivity contribution is 0.0930. The molecule has 0 fully saturated rings. The minimum atomic E-state index is -0.922. The fraction of sp³-hybridized carbons (Fsp3) is 0.333. The minimum absolute atomic E-state index is 0.0559. The molecule has 0 aliphatic heterocycles. The van der Waals surface area contributed by atoms with Crippen LogP contribution in [0.5, 0.6) is 0 Å².